The number of thiophene rings is 1. The van der Waals surface area contributed by atoms with E-state index in [0.717, 1.165) is 23.8 Å². The van der Waals surface area contributed by atoms with Gasteiger partial charge in [-0.2, -0.15) is 0 Å². The Morgan fingerprint density at radius 2 is 2.33 bits per heavy atom. The van der Waals surface area contributed by atoms with Crippen molar-refractivity contribution in [3.8, 4) is 0 Å². The van der Waals surface area contributed by atoms with Gasteiger partial charge < -0.3 is 10.5 Å². The number of rotatable bonds is 4. The van der Waals surface area contributed by atoms with E-state index in [1.807, 2.05) is 6.07 Å². The molecule has 3 atom stereocenters. The lowest BCUT2D eigenvalue weighted by Crippen LogP contribution is -2.46. The smallest absolute Gasteiger partial charge is 0.0931 e. The van der Waals surface area contributed by atoms with Gasteiger partial charge in [-0.05, 0) is 38.4 Å². The van der Waals surface area contributed by atoms with Crippen LogP contribution in [0, 0.1) is 0 Å². The van der Waals surface area contributed by atoms with Gasteiger partial charge >= 0.3 is 0 Å². The van der Waals surface area contributed by atoms with E-state index in [1.165, 1.54) is 11.3 Å². The normalized spacial score (nSPS) is 25.0. The molecule has 3 unspecified atom stereocenters. The van der Waals surface area contributed by atoms with Gasteiger partial charge in [0.2, 0.25) is 0 Å². The standard InChI is InChI=1S/C13H21ClN2OS/c1-9(15)13(11-5-6-12(14)18-11)16-7-3-4-10(8-16)17-2/h5-6,9-10,13H,3-4,7-8,15H2,1-2H3. The minimum absolute atomic E-state index is 0.0929. The summed E-state index contributed by atoms with van der Waals surface area (Å²) < 4.78 is 6.32. The Kier molecular flexibility index (Phi) is 5.04. The van der Waals surface area contributed by atoms with E-state index in [9.17, 15) is 0 Å². The number of methoxy groups -OCH3 is 1. The van der Waals surface area contributed by atoms with Crippen LogP contribution in [-0.4, -0.2) is 37.2 Å². The summed E-state index contributed by atoms with van der Waals surface area (Å²) in [6.07, 6.45) is 2.64. The summed E-state index contributed by atoms with van der Waals surface area (Å²) in [6, 6.07) is 4.39. The van der Waals surface area contributed by atoms with Gasteiger partial charge in [0.05, 0.1) is 16.5 Å². The maximum absolute atomic E-state index is 6.18. The summed E-state index contributed by atoms with van der Waals surface area (Å²) in [7, 11) is 1.79. The number of piperidine rings is 1. The Morgan fingerprint density at radius 1 is 1.56 bits per heavy atom. The van der Waals surface area contributed by atoms with Crippen LogP contribution in [0.15, 0.2) is 12.1 Å². The van der Waals surface area contributed by atoms with Crippen LogP contribution in [0.2, 0.25) is 4.34 Å². The number of hydrogen-bond acceptors (Lipinski definition) is 4. The molecule has 1 aliphatic heterocycles. The van der Waals surface area contributed by atoms with Gasteiger partial charge in [0.15, 0.2) is 0 Å². The van der Waals surface area contributed by atoms with Crippen molar-refractivity contribution in [2.45, 2.75) is 38.0 Å². The second kappa shape index (κ2) is 6.35. The molecule has 0 aliphatic carbocycles. The minimum Gasteiger partial charge on any atom is -0.380 e. The SMILES string of the molecule is COC1CCCN(C(c2ccc(Cl)s2)C(C)N)C1. The Morgan fingerprint density at radius 3 is 2.89 bits per heavy atom. The molecule has 1 aliphatic rings. The maximum Gasteiger partial charge on any atom is 0.0931 e. The molecule has 0 amide bonds. The summed E-state index contributed by atoms with van der Waals surface area (Å²) >= 11 is 7.67. The fourth-order valence-corrected chi connectivity index (χ4v) is 3.98. The zero-order chi connectivity index (χ0) is 13.1. The van der Waals surface area contributed by atoms with Crippen LogP contribution in [0.25, 0.3) is 0 Å². The highest BCUT2D eigenvalue weighted by Gasteiger charge is 2.30. The molecule has 0 radical (unpaired) electrons. The van der Waals surface area contributed by atoms with Crippen LogP contribution >= 0.6 is 22.9 Å². The Labute approximate surface area is 118 Å². The quantitative estimate of drug-likeness (QED) is 0.926. The highest BCUT2D eigenvalue weighted by atomic mass is 35.5. The summed E-state index contributed by atoms with van der Waals surface area (Å²) in [5.41, 5.74) is 6.18. The predicted octanol–water partition coefficient (Wildman–Crippen LogP) is 2.90. The molecule has 1 fully saturated rings. The van der Waals surface area contributed by atoms with E-state index >= 15 is 0 Å². The van der Waals surface area contributed by atoms with Gasteiger partial charge in [0.25, 0.3) is 0 Å². The van der Waals surface area contributed by atoms with Crippen molar-refractivity contribution in [1.82, 2.24) is 4.90 Å². The van der Waals surface area contributed by atoms with Crippen LogP contribution in [0.5, 0.6) is 0 Å². The third kappa shape index (κ3) is 3.25. The van der Waals surface area contributed by atoms with Crippen LogP contribution < -0.4 is 5.73 Å². The summed E-state index contributed by atoms with van der Waals surface area (Å²) in [5.74, 6) is 0. The zero-order valence-corrected chi connectivity index (χ0v) is 12.5. The zero-order valence-electron chi connectivity index (χ0n) is 10.9. The first kappa shape index (κ1) is 14.3. The predicted molar refractivity (Wildman–Crippen MR) is 77.3 cm³/mol. The van der Waals surface area contributed by atoms with Crippen molar-refractivity contribution >= 4 is 22.9 Å². The molecule has 2 N–H and O–H groups in total. The Balaban J connectivity index is 2.14. The molecule has 1 aromatic heterocycles. The van der Waals surface area contributed by atoms with Crippen molar-refractivity contribution in [3.05, 3.63) is 21.3 Å². The van der Waals surface area contributed by atoms with Gasteiger partial charge in [-0.15, -0.1) is 11.3 Å². The fraction of sp³-hybridized carbons (Fsp3) is 0.692. The number of ether oxygens (including phenoxy) is 1. The molecule has 2 rings (SSSR count). The van der Waals surface area contributed by atoms with E-state index in [-0.39, 0.29) is 12.1 Å². The fourth-order valence-electron chi connectivity index (χ4n) is 2.67. The monoisotopic (exact) mass is 288 g/mol. The Bertz CT molecular complexity index is 383. The van der Waals surface area contributed by atoms with E-state index in [1.54, 1.807) is 18.4 Å². The lowest BCUT2D eigenvalue weighted by Gasteiger charge is -2.39. The van der Waals surface area contributed by atoms with Crippen LogP contribution in [0.4, 0.5) is 0 Å². The van der Waals surface area contributed by atoms with Gasteiger partial charge in [-0.3, -0.25) is 4.90 Å². The van der Waals surface area contributed by atoms with Crippen molar-refractivity contribution in [3.63, 3.8) is 0 Å². The first-order chi connectivity index (χ1) is 8.61. The number of halogens is 1. The average Bonchev–Trinajstić information content (AvgIpc) is 2.75. The molecule has 18 heavy (non-hydrogen) atoms. The molecule has 3 nitrogen and oxygen atoms in total. The van der Waals surface area contributed by atoms with Crippen LogP contribution in [-0.2, 0) is 4.74 Å². The maximum atomic E-state index is 6.18. The summed E-state index contributed by atoms with van der Waals surface area (Å²) in [5, 5.41) is 0. The third-order valence-electron chi connectivity index (χ3n) is 3.52. The van der Waals surface area contributed by atoms with Crippen molar-refractivity contribution in [1.29, 1.82) is 0 Å². The first-order valence-electron chi connectivity index (χ1n) is 6.39. The molecule has 1 saturated heterocycles. The van der Waals surface area contributed by atoms with E-state index in [2.05, 4.69) is 17.9 Å². The topological polar surface area (TPSA) is 38.5 Å². The highest BCUT2D eigenvalue weighted by Crippen LogP contribution is 2.33. The number of hydrogen-bond donors (Lipinski definition) is 1. The molecule has 5 heteroatoms. The average molecular weight is 289 g/mol. The highest BCUT2D eigenvalue weighted by molar-refractivity contribution is 7.16. The summed E-state index contributed by atoms with van der Waals surface area (Å²) in [4.78, 5) is 3.69. The molecule has 0 saturated carbocycles. The van der Waals surface area contributed by atoms with Crippen LogP contribution in [0.3, 0.4) is 0 Å². The number of nitrogens with zero attached hydrogens (tertiary/aromatic N) is 1. The van der Waals surface area contributed by atoms with Gasteiger partial charge in [-0.1, -0.05) is 11.6 Å². The van der Waals surface area contributed by atoms with Gasteiger partial charge in [0, 0.05) is 24.6 Å². The molecular formula is C13H21ClN2OS. The third-order valence-corrected chi connectivity index (χ3v) is 4.82. The lowest BCUT2D eigenvalue weighted by atomic mass is 10.0. The van der Waals surface area contributed by atoms with Crippen LogP contribution in [0.1, 0.15) is 30.7 Å². The van der Waals surface area contributed by atoms with E-state index in [0.29, 0.717) is 6.10 Å². The second-order valence-electron chi connectivity index (χ2n) is 4.94. The van der Waals surface area contributed by atoms with E-state index in [4.69, 9.17) is 22.1 Å². The molecule has 1 aromatic rings. The largest absolute Gasteiger partial charge is 0.380 e. The molecule has 0 spiro atoms. The Hall–Kier alpha value is -0.130. The molecular weight excluding hydrogens is 268 g/mol. The minimum atomic E-state index is 0.0929. The van der Waals surface area contributed by atoms with E-state index < -0.39 is 0 Å². The van der Waals surface area contributed by atoms with Gasteiger partial charge in [-0.25, -0.2) is 0 Å². The molecule has 102 valence electrons. The molecule has 0 aromatic carbocycles. The second-order valence-corrected chi connectivity index (χ2v) is 6.69. The lowest BCUT2D eigenvalue weighted by molar-refractivity contribution is 0.0110. The van der Waals surface area contributed by atoms with Crippen molar-refractivity contribution in [2.24, 2.45) is 5.73 Å². The van der Waals surface area contributed by atoms with Crippen molar-refractivity contribution in [2.75, 3.05) is 20.2 Å². The molecule has 0 bridgehead atoms. The number of likely N-dealkylation sites (tertiary alicyclic amines) is 1. The summed E-state index contributed by atoms with van der Waals surface area (Å²) in [6.45, 7) is 4.11. The van der Waals surface area contributed by atoms with Gasteiger partial charge in [0.1, 0.15) is 0 Å². The van der Waals surface area contributed by atoms with Crippen molar-refractivity contribution < 1.29 is 4.74 Å². The molecule has 2 heterocycles. The number of nitrogens with two attached hydrogens (primary N) is 1. The first-order valence-corrected chi connectivity index (χ1v) is 7.59.